The summed E-state index contributed by atoms with van der Waals surface area (Å²) in [5.74, 6) is -0.547. The van der Waals surface area contributed by atoms with E-state index in [0.717, 1.165) is 23.3 Å². The second kappa shape index (κ2) is 9.18. The fourth-order valence-electron chi connectivity index (χ4n) is 2.41. The summed E-state index contributed by atoms with van der Waals surface area (Å²) in [7, 11) is 0. The van der Waals surface area contributed by atoms with Crippen LogP contribution in [0, 0.1) is 6.92 Å². The molecule has 4 nitrogen and oxygen atoms in total. The van der Waals surface area contributed by atoms with Gasteiger partial charge in [-0.05, 0) is 49.4 Å². The zero-order valence-corrected chi connectivity index (χ0v) is 15.7. The number of hydrogen-bond donors (Lipinski definition) is 2. The van der Waals surface area contributed by atoms with Gasteiger partial charge in [0.1, 0.15) is 5.70 Å². The molecular weight excluding hydrogens is 332 g/mol. The van der Waals surface area contributed by atoms with Gasteiger partial charge < -0.3 is 10.6 Å². The summed E-state index contributed by atoms with van der Waals surface area (Å²) in [4.78, 5) is 26.1. The molecule has 0 aliphatic heterocycles. The first-order chi connectivity index (χ1) is 12.0. The standard InChI is InChI=1S/C20H24N2O2S/c1-4-16(5-2)21-20(24)18(13-17-10-7-11-25-17)22-19(23)15-9-6-8-14(3)12-15/h6-13,16H,4-5H2,1-3H3,(H,21,24)(H,22,23)/b18-13-. The maximum atomic E-state index is 12.6. The Labute approximate surface area is 153 Å². The van der Waals surface area contributed by atoms with Crippen LogP contribution in [0.25, 0.3) is 6.08 Å². The Morgan fingerprint density at radius 2 is 1.92 bits per heavy atom. The summed E-state index contributed by atoms with van der Waals surface area (Å²) in [5.41, 5.74) is 1.80. The van der Waals surface area contributed by atoms with Crippen LogP contribution >= 0.6 is 11.3 Å². The number of carbonyl (C=O) groups is 2. The lowest BCUT2D eigenvalue weighted by Crippen LogP contribution is -2.40. The molecule has 0 aliphatic carbocycles. The predicted molar refractivity (Wildman–Crippen MR) is 103 cm³/mol. The summed E-state index contributed by atoms with van der Waals surface area (Å²) >= 11 is 1.52. The van der Waals surface area contributed by atoms with E-state index in [2.05, 4.69) is 10.6 Å². The van der Waals surface area contributed by atoms with Crippen LogP contribution in [-0.4, -0.2) is 17.9 Å². The topological polar surface area (TPSA) is 58.2 Å². The zero-order valence-electron chi connectivity index (χ0n) is 14.8. The van der Waals surface area contributed by atoms with Crippen molar-refractivity contribution in [3.63, 3.8) is 0 Å². The summed E-state index contributed by atoms with van der Waals surface area (Å²) in [6.45, 7) is 5.99. The molecule has 132 valence electrons. The highest BCUT2D eigenvalue weighted by Crippen LogP contribution is 2.14. The first kappa shape index (κ1) is 18.9. The van der Waals surface area contributed by atoms with Gasteiger partial charge in [-0.1, -0.05) is 37.6 Å². The van der Waals surface area contributed by atoms with Gasteiger partial charge in [0, 0.05) is 16.5 Å². The fourth-order valence-corrected chi connectivity index (χ4v) is 3.07. The monoisotopic (exact) mass is 356 g/mol. The van der Waals surface area contributed by atoms with Gasteiger partial charge in [-0.25, -0.2) is 0 Å². The van der Waals surface area contributed by atoms with Crippen molar-refractivity contribution in [3.8, 4) is 0 Å². The van der Waals surface area contributed by atoms with Crippen LogP contribution in [-0.2, 0) is 4.79 Å². The van der Waals surface area contributed by atoms with Crippen LogP contribution < -0.4 is 10.6 Å². The molecule has 2 N–H and O–H groups in total. The van der Waals surface area contributed by atoms with Gasteiger partial charge in [-0.3, -0.25) is 9.59 Å². The van der Waals surface area contributed by atoms with Gasteiger partial charge in [0.05, 0.1) is 0 Å². The van der Waals surface area contributed by atoms with E-state index >= 15 is 0 Å². The predicted octanol–water partition coefficient (Wildman–Crippen LogP) is 4.13. The number of carbonyl (C=O) groups excluding carboxylic acids is 2. The number of amides is 2. The molecule has 2 rings (SSSR count). The second-order valence-electron chi connectivity index (χ2n) is 5.88. The van der Waals surface area contributed by atoms with Gasteiger partial charge >= 0.3 is 0 Å². The third-order valence-corrected chi connectivity index (χ3v) is 4.74. The molecule has 25 heavy (non-hydrogen) atoms. The molecule has 0 aliphatic rings. The number of benzene rings is 1. The van der Waals surface area contributed by atoms with Crippen LogP contribution in [0.3, 0.4) is 0 Å². The van der Waals surface area contributed by atoms with Crippen molar-refractivity contribution < 1.29 is 9.59 Å². The van der Waals surface area contributed by atoms with E-state index < -0.39 is 0 Å². The minimum absolute atomic E-state index is 0.0927. The Bertz CT molecular complexity index is 747. The fraction of sp³-hybridized carbons (Fsp3) is 0.300. The van der Waals surface area contributed by atoms with Crippen LogP contribution in [0.1, 0.15) is 47.5 Å². The lowest BCUT2D eigenvalue weighted by molar-refractivity contribution is -0.118. The number of rotatable bonds is 7. The van der Waals surface area contributed by atoms with E-state index in [-0.39, 0.29) is 23.6 Å². The van der Waals surface area contributed by atoms with Crippen molar-refractivity contribution >= 4 is 29.2 Å². The minimum atomic E-state index is -0.286. The van der Waals surface area contributed by atoms with E-state index in [1.165, 1.54) is 11.3 Å². The van der Waals surface area contributed by atoms with Gasteiger partial charge in [0.15, 0.2) is 0 Å². The molecule has 2 amide bonds. The molecule has 0 radical (unpaired) electrons. The summed E-state index contributed by atoms with van der Waals surface area (Å²) < 4.78 is 0. The molecule has 0 saturated heterocycles. The van der Waals surface area contributed by atoms with Crippen molar-refractivity contribution in [2.75, 3.05) is 0 Å². The molecule has 0 bridgehead atoms. The highest BCUT2D eigenvalue weighted by atomic mass is 32.1. The van der Waals surface area contributed by atoms with E-state index in [4.69, 9.17) is 0 Å². The Balaban J connectivity index is 2.23. The second-order valence-corrected chi connectivity index (χ2v) is 6.86. The SMILES string of the molecule is CCC(CC)NC(=O)/C(=C/c1cccs1)NC(=O)c1cccc(C)c1. The van der Waals surface area contributed by atoms with Crippen molar-refractivity contribution in [1.82, 2.24) is 10.6 Å². The Morgan fingerprint density at radius 3 is 2.52 bits per heavy atom. The first-order valence-electron chi connectivity index (χ1n) is 8.47. The molecule has 2 aromatic rings. The molecule has 1 aromatic carbocycles. The van der Waals surface area contributed by atoms with Crippen molar-refractivity contribution in [1.29, 1.82) is 0 Å². The first-order valence-corrected chi connectivity index (χ1v) is 9.35. The van der Waals surface area contributed by atoms with Crippen molar-refractivity contribution in [3.05, 3.63) is 63.5 Å². The number of aryl methyl sites for hydroxylation is 1. The lowest BCUT2D eigenvalue weighted by Gasteiger charge is -2.17. The lowest BCUT2D eigenvalue weighted by atomic mass is 10.1. The Hall–Kier alpha value is -2.40. The molecule has 0 unspecified atom stereocenters. The molecule has 0 saturated carbocycles. The van der Waals surface area contributed by atoms with E-state index in [1.54, 1.807) is 18.2 Å². The largest absolute Gasteiger partial charge is 0.348 e. The van der Waals surface area contributed by atoms with Crippen LogP contribution in [0.2, 0.25) is 0 Å². The summed E-state index contributed by atoms with van der Waals surface area (Å²) in [5, 5.41) is 7.68. The molecule has 5 heteroatoms. The summed E-state index contributed by atoms with van der Waals surface area (Å²) in [6.07, 6.45) is 3.41. The van der Waals surface area contributed by atoms with Gasteiger partial charge in [-0.15, -0.1) is 11.3 Å². The molecular formula is C20H24N2O2S. The van der Waals surface area contributed by atoms with E-state index in [9.17, 15) is 9.59 Å². The quantitative estimate of drug-likeness (QED) is 0.733. The van der Waals surface area contributed by atoms with Crippen molar-refractivity contribution in [2.45, 2.75) is 39.7 Å². The van der Waals surface area contributed by atoms with Crippen molar-refractivity contribution in [2.24, 2.45) is 0 Å². The number of thiophene rings is 1. The van der Waals surface area contributed by atoms with Gasteiger partial charge in [0.2, 0.25) is 0 Å². The molecule has 0 atom stereocenters. The molecule has 0 fully saturated rings. The maximum Gasteiger partial charge on any atom is 0.268 e. The highest BCUT2D eigenvalue weighted by Gasteiger charge is 2.17. The van der Waals surface area contributed by atoms with E-state index in [1.807, 2.05) is 50.4 Å². The molecule has 1 aromatic heterocycles. The zero-order chi connectivity index (χ0) is 18.2. The molecule has 1 heterocycles. The highest BCUT2D eigenvalue weighted by molar-refractivity contribution is 7.10. The molecule has 0 spiro atoms. The van der Waals surface area contributed by atoms with Gasteiger partial charge in [-0.2, -0.15) is 0 Å². The third kappa shape index (κ3) is 5.57. The van der Waals surface area contributed by atoms with Gasteiger partial charge in [0.25, 0.3) is 11.8 Å². The number of nitrogens with one attached hydrogen (secondary N) is 2. The average Bonchev–Trinajstić information content (AvgIpc) is 3.11. The third-order valence-electron chi connectivity index (χ3n) is 3.92. The smallest absolute Gasteiger partial charge is 0.268 e. The normalized spacial score (nSPS) is 11.4. The average molecular weight is 356 g/mol. The number of hydrogen-bond acceptors (Lipinski definition) is 3. The maximum absolute atomic E-state index is 12.6. The van der Waals surface area contributed by atoms with Crippen LogP contribution in [0.15, 0.2) is 47.5 Å². The van der Waals surface area contributed by atoms with Crippen LogP contribution in [0.4, 0.5) is 0 Å². The Morgan fingerprint density at radius 1 is 1.16 bits per heavy atom. The van der Waals surface area contributed by atoms with Crippen LogP contribution in [0.5, 0.6) is 0 Å². The van der Waals surface area contributed by atoms with E-state index in [0.29, 0.717) is 5.56 Å². The summed E-state index contributed by atoms with van der Waals surface area (Å²) in [6, 6.07) is 11.2. The minimum Gasteiger partial charge on any atom is -0.348 e. The Kier molecular flexibility index (Phi) is 6.95.